The number of alkyl halides is 1. The van der Waals surface area contributed by atoms with E-state index in [1.54, 1.807) is 0 Å². The molecule has 0 aromatic heterocycles. The number of ether oxygens (including phenoxy) is 2. The fourth-order valence-corrected chi connectivity index (χ4v) is 5.37. The van der Waals surface area contributed by atoms with Crippen LogP contribution in [0.5, 0.6) is 11.5 Å². The molecule has 0 fully saturated rings. The third kappa shape index (κ3) is 3.10. The fourth-order valence-electron chi connectivity index (χ4n) is 5.11. The standard InChI is InChI=1S/C27H27ClN2O3/c1-4-30(5-2)20-14-15-21(29(3)17-16-28)25-24(20)26(31)33-27(25)18-10-6-8-12-22(18)32-23-13-9-7-11-19(23)27/h6-15H,4-5,16-17H2,1-3H3. The molecule has 0 aliphatic carbocycles. The summed E-state index contributed by atoms with van der Waals surface area (Å²) in [5, 5.41) is 0. The number of fused-ring (bicyclic) bond motifs is 6. The molecule has 2 aliphatic rings. The minimum atomic E-state index is -1.10. The normalized spacial score (nSPS) is 14.7. The van der Waals surface area contributed by atoms with Crippen LogP contribution in [0.4, 0.5) is 11.4 Å². The summed E-state index contributed by atoms with van der Waals surface area (Å²) in [6.07, 6.45) is 0. The predicted molar refractivity (Wildman–Crippen MR) is 132 cm³/mol. The van der Waals surface area contributed by atoms with E-state index >= 15 is 0 Å². The van der Waals surface area contributed by atoms with Crippen LogP contribution >= 0.6 is 11.6 Å². The number of rotatable bonds is 6. The molecule has 0 saturated heterocycles. The van der Waals surface area contributed by atoms with E-state index in [2.05, 4.69) is 29.7 Å². The molecule has 6 heteroatoms. The number of hydrogen-bond donors (Lipinski definition) is 0. The summed E-state index contributed by atoms with van der Waals surface area (Å²) in [4.78, 5) is 18.0. The zero-order chi connectivity index (χ0) is 23.2. The van der Waals surface area contributed by atoms with Gasteiger partial charge in [0.05, 0.1) is 11.3 Å². The Morgan fingerprint density at radius 2 is 1.45 bits per heavy atom. The maximum Gasteiger partial charge on any atom is 0.342 e. The Morgan fingerprint density at radius 3 is 2.03 bits per heavy atom. The molecular weight excluding hydrogens is 436 g/mol. The summed E-state index contributed by atoms with van der Waals surface area (Å²) in [5.74, 6) is 1.54. The van der Waals surface area contributed by atoms with Gasteiger partial charge in [0.1, 0.15) is 11.5 Å². The minimum absolute atomic E-state index is 0.320. The average Bonchev–Trinajstić information content (AvgIpc) is 3.14. The van der Waals surface area contributed by atoms with Crippen LogP contribution in [0, 0.1) is 0 Å². The van der Waals surface area contributed by atoms with Crippen LogP contribution in [0.1, 0.15) is 40.9 Å². The Labute approximate surface area is 199 Å². The number of benzene rings is 3. The van der Waals surface area contributed by atoms with Crippen LogP contribution in [0.2, 0.25) is 0 Å². The highest BCUT2D eigenvalue weighted by molar-refractivity contribution is 6.18. The van der Waals surface area contributed by atoms with Crippen molar-refractivity contribution in [2.24, 2.45) is 0 Å². The van der Waals surface area contributed by atoms with Crippen LogP contribution in [0.25, 0.3) is 0 Å². The average molecular weight is 463 g/mol. The number of esters is 1. The predicted octanol–water partition coefficient (Wildman–Crippen LogP) is 5.78. The highest BCUT2D eigenvalue weighted by atomic mass is 35.5. The maximum atomic E-state index is 13.7. The van der Waals surface area contributed by atoms with Gasteiger partial charge in [-0.15, -0.1) is 11.6 Å². The van der Waals surface area contributed by atoms with Gasteiger partial charge in [-0.3, -0.25) is 0 Å². The third-order valence-electron chi connectivity index (χ3n) is 6.65. The van der Waals surface area contributed by atoms with Crippen LogP contribution in [0.15, 0.2) is 60.7 Å². The van der Waals surface area contributed by atoms with Gasteiger partial charge in [0, 0.05) is 54.9 Å². The first-order valence-corrected chi connectivity index (χ1v) is 11.9. The molecule has 3 aromatic carbocycles. The van der Waals surface area contributed by atoms with Gasteiger partial charge in [-0.25, -0.2) is 4.79 Å². The number of para-hydroxylation sites is 2. The van der Waals surface area contributed by atoms with Crippen molar-refractivity contribution in [1.29, 1.82) is 0 Å². The quantitative estimate of drug-likeness (QED) is 0.343. The SMILES string of the molecule is CCN(CC)c1ccc(N(C)CCCl)c2c1C(=O)OC21c2ccccc2Oc2ccccc21. The zero-order valence-electron chi connectivity index (χ0n) is 19.1. The molecular formula is C27H27ClN2O3. The molecule has 5 rings (SSSR count). The number of halogens is 1. The first-order valence-electron chi connectivity index (χ1n) is 11.4. The molecule has 0 bridgehead atoms. The van der Waals surface area contributed by atoms with E-state index in [4.69, 9.17) is 21.1 Å². The number of carbonyl (C=O) groups excluding carboxylic acids is 1. The number of hydrogen-bond acceptors (Lipinski definition) is 5. The molecule has 0 atom stereocenters. The zero-order valence-corrected chi connectivity index (χ0v) is 19.9. The van der Waals surface area contributed by atoms with Crippen molar-refractivity contribution in [2.45, 2.75) is 19.4 Å². The highest BCUT2D eigenvalue weighted by Gasteiger charge is 2.56. The second-order valence-electron chi connectivity index (χ2n) is 8.30. The molecule has 0 N–H and O–H groups in total. The van der Waals surface area contributed by atoms with Crippen molar-refractivity contribution < 1.29 is 14.3 Å². The lowest BCUT2D eigenvalue weighted by Crippen LogP contribution is -2.35. The molecule has 33 heavy (non-hydrogen) atoms. The number of anilines is 2. The third-order valence-corrected chi connectivity index (χ3v) is 6.82. The van der Waals surface area contributed by atoms with Gasteiger partial charge in [0.15, 0.2) is 5.60 Å². The number of nitrogens with zero attached hydrogens (tertiary/aromatic N) is 2. The molecule has 0 amide bonds. The number of carbonyl (C=O) groups is 1. The van der Waals surface area contributed by atoms with E-state index in [0.717, 1.165) is 41.2 Å². The first-order chi connectivity index (χ1) is 16.1. The maximum absolute atomic E-state index is 13.7. The molecule has 0 unspecified atom stereocenters. The molecule has 0 saturated carbocycles. The van der Waals surface area contributed by atoms with Crippen LogP contribution in [0.3, 0.4) is 0 Å². The molecule has 5 nitrogen and oxygen atoms in total. The Kier molecular flexibility index (Phi) is 5.45. The van der Waals surface area contributed by atoms with Crippen molar-refractivity contribution in [3.63, 3.8) is 0 Å². The van der Waals surface area contributed by atoms with Gasteiger partial charge in [0.25, 0.3) is 0 Å². The summed E-state index contributed by atoms with van der Waals surface area (Å²) in [7, 11) is 2.00. The molecule has 0 radical (unpaired) electrons. The van der Waals surface area contributed by atoms with Crippen LogP contribution < -0.4 is 14.5 Å². The molecule has 3 aromatic rings. The van der Waals surface area contributed by atoms with E-state index in [1.165, 1.54) is 0 Å². The Morgan fingerprint density at radius 1 is 0.879 bits per heavy atom. The lowest BCUT2D eigenvalue weighted by Gasteiger charge is -2.38. The summed E-state index contributed by atoms with van der Waals surface area (Å²) in [6.45, 7) is 6.41. The van der Waals surface area contributed by atoms with Crippen molar-refractivity contribution in [3.05, 3.63) is 82.9 Å². The fraction of sp³-hybridized carbons (Fsp3) is 0.296. The van der Waals surface area contributed by atoms with E-state index in [0.29, 0.717) is 29.5 Å². The Balaban J connectivity index is 1.91. The largest absolute Gasteiger partial charge is 0.456 e. The van der Waals surface area contributed by atoms with E-state index in [-0.39, 0.29) is 5.97 Å². The molecule has 2 aliphatic heterocycles. The van der Waals surface area contributed by atoms with E-state index in [9.17, 15) is 4.79 Å². The first kappa shape index (κ1) is 21.7. The molecule has 2 heterocycles. The second-order valence-corrected chi connectivity index (χ2v) is 8.68. The second kappa shape index (κ2) is 8.31. The van der Waals surface area contributed by atoms with Gasteiger partial charge in [-0.05, 0) is 38.1 Å². The smallest absolute Gasteiger partial charge is 0.342 e. The van der Waals surface area contributed by atoms with Gasteiger partial charge >= 0.3 is 5.97 Å². The van der Waals surface area contributed by atoms with Crippen molar-refractivity contribution in [2.75, 3.05) is 42.4 Å². The van der Waals surface area contributed by atoms with Crippen LogP contribution in [-0.2, 0) is 10.3 Å². The lowest BCUT2D eigenvalue weighted by molar-refractivity contribution is 0.0225. The minimum Gasteiger partial charge on any atom is -0.456 e. The highest BCUT2D eigenvalue weighted by Crippen LogP contribution is 2.59. The van der Waals surface area contributed by atoms with Crippen molar-refractivity contribution in [3.8, 4) is 11.5 Å². The van der Waals surface area contributed by atoms with Gasteiger partial charge < -0.3 is 19.3 Å². The summed E-state index contributed by atoms with van der Waals surface area (Å²) >= 11 is 6.12. The summed E-state index contributed by atoms with van der Waals surface area (Å²) in [6, 6.07) is 19.7. The molecule has 1 spiro atoms. The lowest BCUT2D eigenvalue weighted by atomic mass is 9.76. The Bertz CT molecular complexity index is 1180. The van der Waals surface area contributed by atoms with Gasteiger partial charge in [-0.2, -0.15) is 0 Å². The van der Waals surface area contributed by atoms with Crippen molar-refractivity contribution in [1.82, 2.24) is 0 Å². The Hall–Kier alpha value is -3.18. The summed E-state index contributed by atoms with van der Waals surface area (Å²) < 4.78 is 12.7. The van der Waals surface area contributed by atoms with E-state index in [1.807, 2.05) is 61.6 Å². The van der Waals surface area contributed by atoms with Gasteiger partial charge in [0.2, 0.25) is 0 Å². The van der Waals surface area contributed by atoms with Crippen molar-refractivity contribution >= 4 is 28.9 Å². The molecule has 170 valence electrons. The van der Waals surface area contributed by atoms with Crippen LogP contribution in [-0.4, -0.2) is 38.5 Å². The topological polar surface area (TPSA) is 42.0 Å². The monoisotopic (exact) mass is 462 g/mol. The van der Waals surface area contributed by atoms with E-state index < -0.39 is 5.60 Å². The van der Waals surface area contributed by atoms with Gasteiger partial charge in [-0.1, -0.05) is 36.4 Å². The summed E-state index contributed by atoms with van der Waals surface area (Å²) in [5.41, 5.74) is 3.84.